The summed E-state index contributed by atoms with van der Waals surface area (Å²) < 4.78 is 26.3. The molecule has 0 radical (unpaired) electrons. The molecule has 0 saturated heterocycles. The molecule has 0 heterocycles. The highest BCUT2D eigenvalue weighted by Crippen LogP contribution is 2.24. The first-order valence-electron chi connectivity index (χ1n) is 7.85. The number of halogens is 2. The van der Waals surface area contributed by atoms with Gasteiger partial charge in [0.15, 0.2) is 0 Å². The van der Waals surface area contributed by atoms with Crippen LogP contribution >= 0.6 is 0 Å². The van der Waals surface area contributed by atoms with Gasteiger partial charge in [0, 0.05) is 5.69 Å². The van der Waals surface area contributed by atoms with Crippen LogP contribution < -0.4 is 5.32 Å². The van der Waals surface area contributed by atoms with Gasteiger partial charge < -0.3 is 10.4 Å². The number of carbonyl (C=O) groups is 1. The number of carboxylic acid groups (broad SMARTS) is 1. The van der Waals surface area contributed by atoms with Crippen molar-refractivity contribution in [2.24, 2.45) is 0 Å². The van der Waals surface area contributed by atoms with Crippen LogP contribution in [0.5, 0.6) is 0 Å². The third-order valence-electron chi connectivity index (χ3n) is 3.71. The number of hydrogen-bond donors (Lipinski definition) is 2. The van der Waals surface area contributed by atoms with Crippen molar-refractivity contribution < 1.29 is 18.7 Å². The molecule has 26 heavy (non-hydrogen) atoms. The normalized spacial score (nSPS) is 10.8. The quantitative estimate of drug-likeness (QED) is 0.590. The molecule has 0 bridgehead atoms. The fourth-order valence-corrected chi connectivity index (χ4v) is 2.45. The zero-order valence-electron chi connectivity index (χ0n) is 13.6. The van der Waals surface area contributed by atoms with E-state index in [1.54, 1.807) is 36.4 Å². The first-order chi connectivity index (χ1) is 12.5. The van der Waals surface area contributed by atoms with Crippen LogP contribution in [0.3, 0.4) is 0 Å². The van der Waals surface area contributed by atoms with Crippen LogP contribution in [0.1, 0.15) is 21.5 Å². The van der Waals surface area contributed by atoms with E-state index in [1.165, 1.54) is 42.5 Å². The molecule has 3 aromatic carbocycles. The summed E-state index contributed by atoms with van der Waals surface area (Å²) in [6.45, 7) is 0. The van der Waals surface area contributed by atoms with Crippen molar-refractivity contribution in [1.82, 2.24) is 0 Å². The predicted octanol–water partition coefficient (Wildman–Crippen LogP) is 5.58. The standard InChI is InChI=1S/C21H15F2NO2/c22-16-7-9-18(10-8-16)24-20-13-15(6-11-19(20)21(25)26)5-4-14-2-1-3-17(23)12-14/h1-13,24H,(H,25,26)/b5-4+. The average Bonchev–Trinajstić information content (AvgIpc) is 2.62. The van der Waals surface area contributed by atoms with Gasteiger partial charge in [0.25, 0.3) is 0 Å². The second-order valence-electron chi connectivity index (χ2n) is 5.63. The summed E-state index contributed by atoms with van der Waals surface area (Å²) in [4.78, 5) is 11.4. The van der Waals surface area contributed by atoms with Crippen LogP contribution in [0.25, 0.3) is 12.2 Å². The average molecular weight is 351 g/mol. The Morgan fingerprint density at radius 1 is 0.846 bits per heavy atom. The van der Waals surface area contributed by atoms with E-state index in [1.807, 2.05) is 0 Å². The van der Waals surface area contributed by atoms with Crippen LogP contribution in [-0.4, -0.2) is 11.1 Å². The van der Waals surface area contributed by atoms with Crippen molar-refractivity contribution in [3.05, 3.63) is 95.1 Å². The molecule has 130 valence electrons. The molecular weight excluding hydrogens is 336 g/mol. The van der Waals surface area contributed by atoms with Crippen LogP contribution in [0.4, 0.5) is 20.2 Å². The number of nitrogens with one attached hydrogen (secondary N) is 1. The maximum atomic E-state index is 13.2. The predicted molar refractivity (Wildman–Crippen MR) is 98.4 cm³/mol. The zero-order valence-corrected chi connectivity index (χ0v) is 13.6. The fourth-order valence-electron chi connectivity index (χ4n) is 2.45. The first kappa shape index (κ1) is 17.4. The number of aromatic carboxylic acids is 1. The minimum atomic E-state index is -1.07. The summed E-state index contributed by atoms with van der Waals surface area (Å²) in [5, 5.41) is 12.3. The third kappa shape index (κ3) is 4.33. The van der Waals surface area contributed by atoms with Gasteiger partial charge in [-0.25, -0.2) is 13.6 Å². The van der Waals surface area contributed by atoms with Crippen molar-refractivity contribution in [3.8, 4) is 0 Å². The molecule has 2 N–H and O–H groups in total. The minimum absolute atomic E-state index is 0.0947. The van der Waals surface area contributed by atoms with E-state index < -0.39 is 5.97 Å². The monoisotopic (exact) mass is 351 g/mol. The molecule has 3 nitrogen and oxygen atoms in total. The largest absolute Gasteiger partial charge is 0.478 e. The highest BCUT2D eigenvalue weighted by Gasteiger charge is 2.10. The number of anilines is 2. The first-order valence-corrected chi connectivity index (χ1v) is 7.85. The maximum Gasteiger partial charge on any atom is 0.337 e. The third-order valence-corrected chi connectivity index (χ3v) is 3.71. The summed E-state index contributed by atoms with van der Waals surface area (Å²) in [6, 6.07) is 16.6. The molecule has 0 saturated carbocycles. The SMILES string of the molecule is O=C(O)c1ccc(/C=C/c2cccc(F)c2)cc1Nc1ccc(F)cc1. The lowest BCUT2D eigenvalue weighted by Crippen LogP contribution is -2.03. The lowest BCUT2D eigenvalue weighted by molar-refractivity contribution is 0.0698. The number of rotatable bonds is 5. The van der Waals surface area contributed by atoms with E-state index >= 15 is 0 Å². The Morgan fingerprint density at radius 3 is 2.19 bits per heavy atom. The number of benzene rings is 3. The van der Waals surface area contributed by atoms with E-state index in [0.29, 0.717) is 16.9 Å². The van der Waals surface area contributed by atoms with Crippen LogP contribution in [0.2, 0.25) is 0 Å². The highest BCUT2D eigenvalue weighted by molar-refractivity contribution is 5.96. The lowest BCUT2D eigenvalue weighted by Gasteiger charge is -2.11. The van der Waals surface area contributed by atoms with E-state index in [2.05, 4.69) is 5.32 Å². The van der Waals surface area contributed by atoms with E-state index in [-0.39, 0.29) is 17.2 Å². The van der Waals surface area contributed by atoms with Crippen LogP contribution in [-0.2, 0) is 0 Å². The summed E-state index contributed by atoms with van der Waals surface area (Å²) in [5.41, 5.74) is 2.48. The molecule has 0 unspecified atom stereocenters. The molecule has 0 aromatic heterocycles. The van der Waals surface area contributed by atoms with Crippen molar-refractivity contribution in [3.63, 3.8) is 0 Å². The summed E-state index contributed by atoms with van der Waals surface area (Å²) in [6.07, 6.45) is 3.50. The van der Waals surface area contributed by atoms with E-state index in [9.17, 15) is 18.7 Å². The molecule has 3 rings (SSSR count). The van der Waals surface area contributed by atoms with Crippen LogP contribution in [0, 0.1) is 11.6 Å². The van der Waals surface area contributed by atoms with Gasteiger partial charge in [-0.3, -0.25) is 0 Å². The van der Waals surface area contributed by atoms with E-state index in [4.69, 9.17) is 0 Å². The molecule has 0 aliphatic rings. The second kappa shape index (κ2) is 7.61. The fraction of sp³-hybridized carbons (Fsp3) is 0. The van der Waals surface area contributed by atoms with Crippen molar-refractivity contribution in [1.29, 1.82) is 0 Å². The zero-order chi connectivity index (χ0) is 18.5. The van der Waals surface area contributed by atoms with Gasteiger partial charge in [0.1, 0.15) is 11.6 Å². The number of carboxylic acids is 1. The molecule has 0 aliphatic heterocycles. The van der Waals surface area contributed by atoms with Gasteiger partial charge in [-0.15, -0.1) is 0 Å². The summed E-state index contributed by atoms with van der Waals surface area (Å²) >= 11 is 0. The topological polar surface area (TPSA) is 49.3 Å². The smallest absolute Gasteiger partial charge is 0.337 e. The Balaban J connectivity index is 1.90. The van der Waals surface area contributed by atoms with Crippen molar-refractivity contribution in [2.45, 2.75) is 0 Å². The Morgan fingerprint density at radius 2 is 1.54 bits per heavy atom. The van der Waals surface area contributed by atoms with Gasteiger partial charge in [0.2, 0.25) is 0 Å². The van der Waals surface area contributed by atoms with Gasteiger partial charge in [-0.2, -0.15) is 0 Å². The summed E-state index contributed by atoms with van der Waals surface area (Å²) in [5.74, 6) is -1.77. The highest BCUT2D eigenvalue weighted by atomic mass is 19.1. The molecule has 0 fully saturated rings. The molecule has 3 aromatic rings. The van der Waals surface area contributed by atoms with Crippen molar-refractivity contribution in [2.75, 3.05) is 5.32 Å². The lowest BCUT2D eigenvalue weighted by atomic mass is 10.1. The Bertz CT molecular complexity index is 966. The van der Waals surface area contributed by atoms with Gasteiger partial charge in [-0.05, 0) is 59.7 Å². The van der Waals surface area contributed by atoms with Gasteiger partial charge in [0.05, 0.1) is 11.3 Å². The Hall–Kier alpha value is -3.47. The maximum absolute atomic E-state index is 13.2. The second-order valence-corrected chi connectivity index (χ2v) is 5.63. The molecule has 0 spiro atoms. The van der Waals surface area contributed by atoms with Gasteiger partial charge in [-0.1, -0.05) is 30.4 Å². The molecular formula is C21H15F2NO2. The Kier molecular flexibility index (Phi) is 5.08. The minimum Gasteiger partial charge on any atom is -0.478 e. The van der Waals surface area contributed by atoms with Gasteiger partial charge >= 0.3 is 5.97 Å². The summed E-state index contributed by atoms with van der Waals surface area (Å²) in [7, 11) is 0. The molecule has 0 atom stereocenters. The Labute approximate surface area is 149 Å². The van der Waals surface area contributed by atoms with E-state index in [0.717, 1.165) is 5.56 Å². The molecule has 5 heteroatoms. The van der Waals surface area contributed by atoms with Crippen LogP contribution in [0.15, 0.2) is 66.7 Å². The molecule has 0 amide bonds. The molecule has 0 aliphatic carbocycles. The van der Waals surface area contributed by atoms with Crippen molar-refractivity contribution >= 4 is 29.5 Å². The number of hydrogen-bond acceptors (Lipinski definition) is 2.